The molecule has 1 heterocycles. The van der Waals surface area contributed by atoms with Crippen molar-refractivity contribution >= 4 is 59.1 Å². The van der Waals surface area contributed by atoms with Crippen molar-refractivity contribution in [2.45, 2.75) is 11.2 Å². The van der Waals surface area contributed by atoms with E-state index in [-0.39, 0.29) is 4.83 Å². The van der Waals surface area contributed by atoms with Crippen LogP contribution in [0.4, 0.5) is 8.78 Å². The lowest BCUT2D eigenvalue weighted by molar-refractivity contribution is 0.571. The van der Waals surface area contributed by atoms with Crippen LogP contribution in [0.15, 0.2) is 31.8 Å². The first-order chi connectivity index (χ1) is 8.47. The van der Waals surface area contributed by atoms with Crippen LogP contribution in [0.1, 0.15) is 16.0 Å². The van der Waals surface area contributed by atoms with Gasteiger partial charge in [0.25, 0.3) is 0 Å². The van der Waals surface area contributed by atoms with Crippen molar-refractivity contribution in [1.82, 2.24) is 0 Å². The Labute approximate surface area is 133 Å². The standard InChI is InChI=1S/C12H7Br3F2S/c13-9(8-5-11(14)18-12(8)15)3-6-1-2-7(16)4-10(6)17/h1-2,4-5,9H,3H2. The molecule has 0 nitrogen and oxygen atoms in total. The SMILES string of the molecule is Fc1ccc(CC(Br)c2cc(Br)sc2Br)c(F)c1. The Hall–Kier alpha value is 0.220. The van der Waals surface area contributed by atoms with Crippen molar-refractivity contribution in [2.24, 2.45) is 0 Å². The summed E-state index contributed by atoms with van der Waals surface area (Å²) in [7, 11) is 0. The highest BCUT2D eigenvalue weighted by atomic mass is 79.9. The predicted octanol–water partition coefficient (Wildman–Crippen LogP) is 6.23. The summed E-state index contributed by atoms with van der Waals surface area (Å²) in [6.07, 6.45) is 0.466. The monoisotopic (exact) mass is 458 g/mol. The maximum Gasteiger partial charge on any atom is 0.129 e. The molecule has 6 heteroatoms. The zero-order chi connectivity index (χ0) is 13.3. The Balaban J connectivity index is 2.21. The van der Waals surface area contributed by atoms with E-state index in [4.69, 9.17) is 0 Å². The van der Waals surface area contributed by atoms with Gasteiger partial charge in [0.1, 0.15) is 11.6 Å². The van der Waals surface area contributed by atoms with Crippen molar-refractivity contribution in [3.63, 3.8) is 0 Å². The van der Waals surface area contributed by atoms with Gasteiger partial charge in [-0.25, -0.2) is 8.78 Å². The van der Waals surface area contributed by atoms with Gasteiger partial charge >= 0.3 is 0 Å². The van der Waals surface area contributed by atoms with Crippen LogP contribution in [0.2, 0.25) is 0 Å². The second-order valence-corrected chi connectivity index (χ2v) is 8.54. The molecule has 2 aromatic rings. The Bertz CT molecular complexity index is 568. The molecule has 1 aromatic carbocycles. The molecule has 0 radical (unpaired) electrons. The third kappa shape index (κ3) is 3.40. The molecular weight excluding hydrogens is 454 g/mol. The number of rotatable bonds is 3. The summed E-state index contributed by atoms with van der Waals surface area (Å²) >= 11 is 12.0. The smallest absolute Gasteiger partial charge is 0.129 e. The van der Waals surface area contributed by atoms with E-state index >= 15 is 0 Å². The minimum Gasteiger partial charge on any atom is -0.207 e. The lowest BCUT2D eigenvalue weighted by atomic mass is 10.1. The second kappa shape index (κ2) is 6.11. The molecule has 1 aromatic heterocycles. The number of hydrogen-bond donors (Lipinski definition) is 0. The Morgan fingerprint density at radius 3 is 2.44 bits per heavy atom. The zero-order valence-corrected chi connectivity index (χ0v) is 14.5. The molecular formula is C12H7Br3F2S. The molecule has 0 aliphatic rings. The fourth-order valence-corrected chi connectivity index (χ4v) is 5.70. The summed E-state index contributed by atoms with van der Waals surface area (Å²) in [5, 5.41) is 0. The minimum absolute atomic E-state index is 0.0191. The van der Waals surface area contributed by atoms with Gasteiger partial charge in [0.15, 0.2) is 0 Å². The molecule has 0 aliphatic heterocycles. The summed E-state index contributed by atoms with van der Waals surface area (Å²) in [5.74, 6) is -1.06. The number of halogens is 5. The Kier molecular flexibility index (Phi) is 4.97. The predicted molar refractivity (Wildman–Crippen MR) is 81.4 cm³/mol. The third-order valence-electron chi connectivity index (χ3n) is 2.43. The minimum atomic E-state index is -0.554. The quantitative estimate of drug-likeness (QED) is 0.476. The van der Waals surface area contributed by atoms with Crippen LogP contribution in [-0.4, -0.2) is 0 Å². The Morgan fingerprint density at radius 2 is 1.89 bits per heavy atom. The van der Waals surface area contributed by atoms with E-state index in [1.54, 1.807) is 11.3 Å². The average Bonchev–Trinajstić information content (AvgIpc) is 2.62. The van der Waals surface area contributed by atoms with Gasteiger partial charge in [0.05, 0.1) is 7.57 Å². The fourth-order valence-electron chi connectivity index (χ4n) is 1.56. The van der Waals surface area contributed by atoms with E-state index < -0.39 is 11.6 Å². The lowest BCUT2D eigenvalue weighted by Crippen LogP contribution is -1.98. The molecule has 1 unspecified atom stereocenters. The largest absolute Gasteiger partial charge is 0.207 e. The summed E-state index contributed by atoms with van der Waals surface area (Å²) in [4.78, 5) is -0.0191. The molecule has 0 amide bonds. The van der Waals surface area contributed by atoms with Gasteiger partial charge in [0.2, 0.25) is 0 Å². The van der Waals surface area contributed by atoms with Crippen molar-refractivity contribution in [1.29, 1.82) is 0 Å². The molecule has 0 spiro atoms. The molecule has 0 saturated carbocycles. The molecule has 0 aliphatic carbocycles. The van der Waals surface area contributed by atoms with E-state index in [2.05, 4.69) is 47.8 Å². The first-order valence-electron chi connectivity index (χ1n) is 5.00. The number of alkyl halides is 1. The van der Waals surface area contributed by atoms with Gasteiger partial charge in [-0.05, 0) is 61.5 Å². The molecule has 0 N–H and O–H groups in total. The first kappa shape index (κ1) is 14.6. The normalized spacial score (nSPS) is 12.7. The highest BCUT2D eigenvalue weighted by Crippen LogP contribution is 2.40. The van der Waals surface area contributed by atoms with Crippen LogP contribution in [0, 0.1) is 11.6 Å². The van der Waals surface area contributed by atoms with E-state index in [1.165, 1.54) is 12.1 Å². The van der Waals surface area contributed by atoms with E-state index in [1.807, 2.05) is 6.07 Å². The van der Waals surface area contributed by atoms with Gasteiger partial charge in [-0.15, -0.1) is 11.3 Å². The van der Waals surface area contributed by atoms with Gasteiger partial charge in [-0.3, -0.25) is 0 Å². The van der Waals surface area contributed by atoms with Crippen LogP contribution < -0.4 is 0 Å². The summed E-state index contributed by atoms with van der Waals surface area (Å²) in [6, 6.07) is 5.65. The highest BCUT2D eigenvalue weighted by Gasteiger charge is 2.17. The number of hydrogen-bond acceptors (Lipinski definition) is 1. The number of thiophene rings is 1. The van der Waals surface area contributed by atoms with Gasteiger partial charge in [0, 0.05) is 10.9 Å². The van der Waals surface area contributed by atoms with Crippen LogP contribution in [0.3, 0.4) is 0 Å². The average molecular weight is 461 g/mol. The molecule has 0 saturated heterocycles. The lowest BCUT2D eigenvalue weighted by Gasteiger charge is -2.10. The van der Waals surface area contributed by atoms with Crippen LogP contribution in [0.25, 0.3) is 0 Å². The van der Waals surface area contributed by atoms with E-state index in [9.17, 15) is 8.78 Å². The molecule has 0 bridgehead atoms. The summed E-state index contributed by atoms with van der Waals surface area (Å²) in [6.45, 7) is 0. The van der Waals surface area contributed by atoms with Gasteiger partial charge in [-0.1, -0.05) is 22.0 Å². The molecule has 96 valence electrons. The van der Waals surface area contributed by atoms with Crippen molar-refractivity contribution in [3.05, 3.63) is 54.6 Å². The van der Waals surface area contributed by atoms with Gasteiger partial charge < -0.3 is 0 Å². The second-order valence-electron chi connectivity index (χ2n) is 3.69. The fraction of sp³-hybridized carbons (Fsp3) is 0.167. The molecule has 18 heavy (non-hydrogen) atoms. The van der Waals surface area contributed by atoms with E-state index in [0.717, 1.165) is 19.2 Å². The topological polar surface area (TPSA) is 0 Å². The molecule has 1 atom stereocenters. The highest BCUT2D eigenvalue weighted by molar-refractivity contribution is 9.12. The van der Waals surface area contributed by atoms with Crippen LogP contribution in [-0.2, 0) is 6.42 Å². The maximum absolute atomic E-state index is 13.6. The summed E-state index contributed by atoms with van der Waals surface area (Å²) in [5.41, 5.74) is 1.54. The van der Waals surface area contributed by atoms with Crippen molar-refractivity contribution < 1.29 is 8.78 Å². The van der Waals surface area contributed by atoms with Crippen molar-refractivity contribution in [3.8, 4) is 0 Å². The number of benzene rings is 1. The zero-order valence-electron chi connectivity index (χ0n) is 8.89. The van der Waals surface area contributed by atoms with Crippen molar-refractivity contribution in [2.75, 3.05) is 0 Å². The Morgan fingerprint density at radius 1 is 1.17 bits per heavy atom. The third-order valence-corrected chi connectivity index (χ3v) is 5.64. The van der Waals surface area contributed by atoms with E-state index in [0.29, 0.717) is 12.0 Å². The van der Waals surface area contributed by atoms with Gasteiger partial charge in [-0.2, -0.15) is 0 Å². The molecule has 0 fully saturated rings. The molecule has 2 rings (SSSR count). The van der Waals surface area contributed by atoms with Crippen LogP contribution in [0.5, 0.6) is 0 Å². The maximum atomic E-state index is 13.6. The summed E-state index contributed by atoms with van der Waals surface area (Å²) < 4.78 is 28.4. The van der Waals surface area contributed by atoms with Crippen LogP contribution >= 0.6 is 59.1 Å². The first-order valence-corrected chi connectivity index (χ1v) is 8.32.